The molecule has 1 aromatic carbocycles. The second-order valence-electron chi connectivity index (χ2n) is 7.42. The summed E-state index contributed by atoms with van der Waals surface area (Å²) in [6.45, 7) is 3.41. The Morgan fingerprint density at radius 2 is 2.00 bits per heavy atom. The fourth-order valence-electron chi connectivity index (χ4n) is 3.42. The molecule has 2 atom stereocenters. The van der Waals surface area contributed by atoms with Gasteiger partial charge in [0, 0.05) is 12.7 Å². The van der Waals surface area contributed by atoms with Crippen molar-refractivity contribution < 1.29 is 26.8 Å². The summed E-state index contributed by atoms with van der Waals surface area (Å²) in [5.74, 6) is 0. The number of benzene rings is 1. The molecule has 162 valence electrons. The summed E-state index contributed by atoms with van der Waals surface area (Å²) < 4.78 is 48.5. The van der Waals surface area contributed by atoms with Crippen LogP contribution in [0.4, 0.5) is 0 Å². The van der Waals surface area contributed by atoms with Crippen molar-refractivity contribution in [3.63, 3.8) is 0 Å². The van der Waals surface area contributed by atoms with E-state index in [4.69, 9.17) is 18.4 Å². The van der Waals surface area contributed by atoms with E-state index in [0.717, 1.165) is 25.0 Å². The van der Waals surface area contributed by atoms with Gasteiger partial charge >= 0.3 is 6.01 Å². The number of rotatable bonds is 8. The number of hydrogen-bond acceptors (Lipinski definition) is 8. The lowest BCUT2D eigenvalue weighted by Crippen LogP contribution is -2.24. The summed E-state index contributed by atoms with van der Waals surface area (Å²) in [5.41, 5.74) is 1.13. The molecule has 2 aliphatic heterocycles. The minimum Gasteiger partial charge on any atom is -0.457 e. The zero-order valence-electron chi connectivity index (χ0n) is 16.7. The minimum absolute atomic E-state index is 0.0828. The molecule has 0 bridgehead atoms. The molecule has 1 saturated heterocycles. The van der Waals surface area contributed by atoms with Gasteiger partial charge in [-0.15, -0.1) is 0 Å². The van der Waals surface area contributed by atoms with Crippen LogP contribution < -0.4 is 10.3 Å². The van der Waals surface area contributed by atoms with Gasteiger partial charge in [-0.1, -0.05) is 17.7 Å². The van der Waals surface area contributed by atoms with E-state index in [1.165, 1.54) is 18.2 Å². The zero-order valence-corrected chi connectivity index (χ0v) is 17.5. The minimum atomic E-state index is -3.90. The molecule has 2 aliphatic rings. The van der Waals surface area contributed by atoms with Crippen molar-refractivity contribution in [2.45, 2.75) is 50.0 Å². The molecule has 0 aliphatic carbocycles. The lowest BCUT2D eigenvalue weighted by atomic mass is 10.2. The van der Waals surface area contributed by atoms with Crippen LogP contribution in [0.3, 0.4) is 0 Å². The van der Waals surface area contributed by atoms with Crippen molar-refractivity contribution in [1.82, 2.24) is 9.55 Å². The van der Waals surface area contributed by atoms with Crippen LogP contribution in [-0.2, 0) is 36.9 Å². The first-order chi connectivity index (χ1) is 14.4. The van der Waals surface area contributed by atoms with Crippen LogP contribution in [-0.4, -0.2) is 50.0 Å². The smallest absolute Gasteiger partial charge is 0.300 e. The maximum absolute atomic E-state index is 12.4. The fraction of sp³-hybridized carbons (Fsp3) is 0.500. The molecule has 1 unspecified atom stereocenters. The molecule has 0 spiro atoms. The highest BCUT2D eigenvalue weighted by Gasteiger charge is 2.28. The second kappa shape index (κ2) is 8.84. The van der Waals surface area contributed by atoms with E-state index in [2.05, 4.69) is 4.98 Å². The lowest BCUT2D eigenvalue weighted by molar-refractivity contribution is 0.00873. The van der Waals surface area contributed by atoms with Crippen molar-refractivity contribution >= 4 is 10.1 Å². The number of aromatic nitrogens is 2. The molecule has 4 rings (SSSR count). The maximum atomic E-state index is 12.4. The number of hydrogen-bond donors (Lipinski definition) is 0. The van der Waals surface area contributed by atoms with Crippen LogP contribution in [0.25, 0.3) is 0 Å². The highest BCUT2D eigenvalue weighted by atomic mass is 32.2. The third kappa shape index (κ3) is 4.89. The average molecular weight is 436 g/mol. The largest absolute Gasteiger partial charge is 0.457 e. The quantitative estimate of drug-likeness (QED) is 0.572. The summed E-state index contributed by atoms with van der Waals surface area (Å²) in [6.07, 6.45) is 1.49. The van der Waals surface area contributed by atoms with E-state index in [9.17, 15) is 13.2 Å². The number of nitrogens with zero attached hydrogens (tertiary/aromatic N) is 2. The Labute approximate surface area is 174 Å². The molecule has 0 saturated carbocycles. The molecule has 3 heterocycles. The van der Waals surface area contributed by atoms with Crippen LogP contribution in [0.1, 0.15) is 24.1 Å². The van der Waals surface area contributed by atoms with Crippen LogP contribution in [0.2, 0.25) is 0 Å². The molecule has 0 radical (unpaired) electrons. The Balaban J connectivity index is 1.37. The van der Waals surface area contributed by atoms with Crippen LogP contribution in [0.5, 0.6) is 6.01 Å². The zero-order chi connectivity index (χ0) is 21.1. The lowest BCUT2D eigenvalue weighted by Gasteiger charge is -2.12. The van der Waals surface area contributed by atoms with Crippen molar-refractivity contribution in [2.24, 2.45) is 0 Å². The summed E-state index contributed by atoms with van der Waals surface area (Å²) in [4.78, 5) is 15.8. The average Bonchev–Trinajstić information content (AvgIpc) is 3.36. The predicted octanol–water partition coefficient (Wildman–Crippen LogP) is 1.41. The summed E-state index contributed by atoms with van der Waals surface area (Å²) >= 11 is 0. The van der Waals surface area contributed by atoms with Gasteiger partial charge in [-0.05, 0) is 31.9 Å². The van der Waals surface area contributed by atoms with Gasteiger partial charge in [0.15, 0.2) is 0 Å². The highest BCUT2D eigenvalue weighted by Crippen LogP contribution is 2.22. The Morgan fingerprint density at radius 1 is 1.20 bits per heavy atom. The van der Waals surface area contributed by atoms with Gasteiger partial charge in [0.1, 0.15) is 12.7 Å². The molecule has 1 aromatic heterocycles. The van der Waals surface area contributed by atoms with E-state index in [0.29, 0.717) is 18.8 Å². The van der Waals surface area contributed by atoms with Gasteiger partial charge in [-0.25, -0.2) is 0 Å². The normalized spacial score (nSPS) is 20.8. The van der Waals surface area contributed by atoms with Gasteiger partial charge in [-0.3, -0.25) is 13.5 Å². The molecule has 10 heteroatoms. The van der Waals surface area contributed by atoms with Crippen molar-refractivity contribution in [2.75, 3.05) is 19.8 Å². The first kappa shape index (κ1) is 21.0. The first-order valence-corrected chi connectivity index (χ1v) is 11.2. The molecule has 0 amide bonds. The third-order valence-electron chi connectivity index (χ3n) is 5.03. The highest BCUT2D eigenvalue weighted by molar-refractivity contribution is 7.86. The van der Waals surface area contributed by atoms with Gasteiger partial charge in [-0.2, -0.15) is 13.4 Å². The van der Waals surface area contributed by atoms with Crippen LogP contribution in [0.15, 0.2) is 40.0 Å². The second-order valence-corrected chi connectivity index (χ2v) is 9.04. The molecular formula is C20H24N2O7S. The Morgan fingerprint density at radius 3 is 2.73 bits per heavy atom. The number of aryl methyl sites for hydroxylation is 1. The van der Waals surface area contributed by atoms with Gasteiger partial charge in [0.25, 0.3) is 15.7 Å². The summed E-state index contributed by atoms with van der Waals surface area (Å²) in [6, 6.07) is 7.94. The van der Waals surface area contributed by atoms with E-state index in [1.54, 1.807) is 16.7 Å². The van der Waals surface area contributed by atoms with Gasteiger partial charge in [0.2, 0.25) is 0 Å². The number of fused-ring (bicyclic) bond motifs is 1. The maximum Gasteiger partial charge on any atom is 0.300 e. The van der Waals surface area contributed by atoms with Crippen molar-refractivity contribution in [1.29, 1.82) is 0 Å². The van der Waals surface area contributed by atoms with E-state index >= 15 is 0 Å². The Kier molecular flexibility index (Phi) is 6.19. The molecule has 0 N–H and O–H groups in total. The Hall–Kier alpha value is -2.27. The molecule has 9 nitrogen and oxygen atoms in total. The van der Waals surface area contributed by atoms with Gasteiger partial charge in [0.05, 0.1) is 36.5 Å². The Bertz CT molecular complexity index is 1040. The third-order valence-corrected chi connectivity index (χ3v) is 6.32. The van der Waals surface area contributed by atoms with Gasteiger partial charge < -0.3 is 14.2 Å². The SMILES string of the molecule is Cc1ccc(S(=O)(=O)OCC2Cn3c(COC[C@@H]4CCCO4)cc(=O)nc3O2)cc1. The van der Waals surface area contributed by atoms with Crippen LogP contribution >= 0.6 is 0 Å². The molecule has 1 fully saturated rings. The van der Waals surface area contributed by atoms with Crippen LogP contribution in [0, 0.1) is 6.92 Å². The van der Waals surface area contributed by atoms with Crippen molar-refractivity contribution in [3.05, 3.63) is 51.9 Å². The topological polar surface area (TPSA) is 106 Å². The fourth-order valence-corrected chi connectivity index (χ4v) is 4.36. The van der Waals surface area contributed by atoms with Crippen molar-refractivity contribution in [3.8, 4) is 6.01 Å². The number of ether oxygens (including phenoxy) is 3. The first-order valence-electron chi connectivity index (χ1n) is 9.83. The van der Waals surface area contributed by atoms with E-state index < -0.39 is 21.8 Å². The molecule has 30 heavy (non-hydrogen) atoms. The molecular weight excluding hydrogens is 412 g/mol. The summed E-state index contributed by atoms with van der Waals surface area (Å²) in [7, 11) is -3.90. The standard InChI is InChI=1S/C20H24N2O7S/c1-14-4-6-18(7-5-14)30(24,25)28-13-17-10-22-15(9-19(23)21-20(22)29-17)11-26-12-16-3-2-8-27-16/h4-7,9,16-17H,2-3,8,10-13H2,1H3/t16-,17?/m0/s1. The predicted molar refractivity (Wildman–Crippen MR) is 106 cm³/mol. The monoisotopic (exact) mass is 436 g/mol. The summed E-state index contributed by atoms with van der Waals surface area (Å²) in [5, 5.41) is 0. The van der Waals surface area contributed by atoms with E-state index in [1.807, 2.05) is 6.92 Å². The molecule has 2 aromatic rings. The van der Waals surface area contributed by atoms with E-state index in [-0.39, 0.29) is 30.2 Å².